The van der Waals surface area contributed by atoms with E-state index in [1.807, 2.05) is 62.4 Å². The number of rotatable bonds is 6. The monoisotopic (exact) mass is 330 g/mol. The molecule has 0 saturated carbocycles. The molecular weight excluding hydrogens is 308 g/mol. The maximum Gasteiger partial charge on any atom is 0.241 e. The van der Waals surface area contributed by atoms with Gasteiger partial charge in [-0.05, 0) is 55.7 Å². The molecule has 23 heavy (non-hydrogen) atoms. The Hall–Kier alpha value is -1.84. The first kappa shape index (κ1) is 17.5. The van der Waals surface area contributed by atoms with E-state index in [2.05, 4.69) is 17.6 Å². The van der Waals surface area contributed by atoms with Crippen LogP contribution < -0.4 is 10.6 Å². The standard InChI is InChI=1S/C19H23ClN2O/c1-4-15-5-11-18(12-6-15)22-19(23)14(3)21-13(2)16-7-9-17(20)10-8-16/h5-14,21H,4H2,1-3H3,(H,22,23)/t13-,14+/m0/s1. The van der Waals surface area contributed by atoms with E-state index < -0.39 is 0 Å². The maximum absolute atomic E-state index is 12.3. The van der Waals surface area contributed by atoms with Gasteiger partial charge in [0.25, 0.3) is 0 Å². The Bertz CT molecular complexity index is 637. The molecule has 0 fully saturated rings. The van der Waals surface area contributed by atoms with Gasteiger partial charge in [-0.3, -0.25) is 10.1 Å². The fourth-order valence-corrected chi connectivity index (χ4v) is 2.50. The van der Waals surface area contributed by atoms with Crippen LogP contribution in [0.3, 0.4) is 0 Å². The minimum Gasteiger partial charge on any atom is -0.325 e. The smallest absolute Gasteiger partial charge is 0.241 e. The lowest BCUT2D eigenvalue weighted by atomic mass is 10.1. The van der Waals surface area contributed by atoms with E-state index >= 15 is 0 Å². The molecule has 0 heterocycles. The molecule has 4 heteroatoms. The summed E-state index contributed by atoms with van der Waals surface area (Å²) in [6.45, 7) is 6.00. The van der Waals surface area contributed by atoms with Crippen LogP contribution in [0.15, 0.2) is 48.5 Å². The first-order valence-electron chi connectivity index (χ1n) is 7.91. The Morgan fingerprint density at radius 1 is 1.04 bits per heavy atom. The zero-order valence-electron chi connectivity index (χ0n) is 13.8. The van der Waals surface area contributed by atoms with Crippen molar-refractivity contribution < 1.29 is 4.79 Å². The molecule has 3 nitrogen and oxygen atoms in total. The first-order valence-corrected chi connectivity index (χ1v) is 8.28. The molecule has 0 aliphatic rings. The second-order valence-electron chi connectivity index (χ2n) is 5.70. The predicted octanol–water partition coefficient (Wildman–Crippen LogP) is 4.58. The zero-order chi connectivity index (χ0) is 16.8. The van der Waals surface area contributed by atoms with E-state index in [9.17, 15) is 4.79 Å². The molecule has 1 amide bonds. The molecule has 122 valence electrons. The van der Waals surface area contributed by atoms with Gasteiger partial charge in [-0.2, -0.15) is 0 Å². The lowest BCUT2D eigenvalue weighted by molar-refractivity contribution is -0.117. The Balaban J connectivity index is 1.92. The summed E-state index contributed by atoms with van der Waals surface area (Å²) in [4.78, 5) is 12.3. The van der Waals surface area contributed by atoms with Gasteiger partial charge in [0.15, 0.2) is 0 Å². The van der Waals surface area contributed by atoms with Gasteiger partial charge in [-0.25, -0.2) is 0 Å². The van der Waals surface area contributed by atoms with Crippen molar-refractivity contribution in [3.8, 4) is 0 Å². The van der Waals surface area contributed by atoms with Crippen LogP contribution in [0.5, 0.6) is 0 Å². The lowest BCUT2D eigenvalue weighted by Crippen LogP contribution is -2.39. The SMILES string of the molecule is CCc1ccc(NC(=O)[C@@H](C)N[C@@H](C)c2ccc(Cl)cc2)cc1. The van der Waals surface area contributed by atoms with Crippen LogP contribution in [0.4, 0.5) is 5.69 Å². The van der Waals surface area contributed by atoms with Crippen LogP contribution in [0, 0.1) is 0 Å². The van der Waals surface area contributed by atoms with Crippen LogP contribution >= 0.6 is 11.6 Å². The number of nitrogens with one attached hydrogen (secondary N) is 2. The van der Waals surface area contributed by atoms with E-state index in [0.29, 0.717) is 5.02 Å². The number of benzene rings is 2. The average molecular weight is 331 g/mol. The predicted molar refractivity (Wildman–Crippen MR) is 96.9 cm³/mol. The number of carbonyl (C=O) groups excluding carboxylic acids is 1. The van der Waals surface area contributed by atoms with Gasteiger partial charge in [0.1, 0.15) is 0 Å². The van der Waals surface area contributed by atoms with Crippen molar-refractivity contribution in [2.75, 3.05) is 5.32 Å². The number of amides is 1. The molecule has 0 saturated heterocycles. The van der Waals surface area contributed by atoms with E-state index in [-0.39, 0.29) is 18.0 Å². The number of carbonyl (C=O) groups is 1. The highest BCUT2D eigenvalue weighted by Crippen LogP contribution is 2.17. The van der Waals surface area contributed by atoms with Crippen LogP contribution in [0.2, 0.25) is 5.02 Å². The third-order valence-electron chi connectivity index (χ3n) is 3.89. The van der Waals surface area contributed by atoms with Crippen LogP contribution in [-0.2, 0) is 11.2 Å². The number of hydrogen-bond donors (Lipinski definition) is 2. The minimum atomic E-state index is -0.300. The Morgan fingerprint density at radius 3 is 2.22 bits per heavy atom. The van der Waals surface area contributed by atoms with Gasteiger partial charge < -0.3 is 5.32 Å². The molecule has 2 aromatic rings. The molecule has 2 aromatic carbocycles. The van der Waals surface area contributed by atoms with Crippen molar-refractivity contribution >= 4 is 23.2 Å². The number of halogens is 1. The molecule has 0 radical (unpaired) electrons. The van der Waals surface area contributed by atoms with Crippen molar-refractivity contribution in [1.29, 1.82) is 0 Å². The summed E-state index contributed by atoms with van der Waals surface area (Å²) in [5, 5.41) is 6.95. The molecule has 0 unspecified atom stereocenters. The minimum absolute atomic E-state index is 0.0462. The van der Waals surface area contributed by atoms with Gasteiger partial charge in [0, 0.05) is 16.8 Å². The Labute approximate surface area is 143 Å². The second-order valence-corrected chi connectivity index (χ2v) is 6.14. The van der Waals surface area contributed by atoms with Crippen molar-refractivity contribution in [3.63, 3.8) is 0 Å². The van der Waals surface area contributed by atoms with Crippen molar-refractivity contribution in [2.45, 2.75) is 39.3 Å². The molecule has 0 bridgehead atoms. The molecule has 2 atom stereocenters. The van der Waals surface area contributed by atoms with Gasteiger partial charge in [-0.1, -0.05) is 42.8 Å². The van der Waals surface area contributed by atoms with Crippen molar-refractivity contribution in [2.24, 2.45) is 0 Å². The molecule has 0 aromatic heterocycles. The summed E-state index contributed by atoms with van der Waals surface area (Å²) in [5.74, 6) is -0.0462. The highest BCUT2D eigenvalue weighted by Gasteiger charge is 2.16. The van der Waals surface area contributed by atoms with E-state index in [4.69, 9.17) is 11.6 Å². The topological polar surface area (TPSA) is 41.1 Å². The third-order valence-corrected chi connectivity index (χ3v) is 4.14. The summed E-state index contributed by atoms with van der Waals surface area (Å²) < 4.78 is 0. The van der Waals surface area contributed by atoms with Gasteiger partial charge in [0.2, 0.25) is 5.91 Å². The maximum atomic E-state index is 12.3. The number of hydrogen-bond acceptors (Lipinski definition) is 2. The van der Waals surface area contributed by atoms with Crippen LogP contribution in [-0.4, -0.2) is 11.9 Å². The lowest BCUT2D eigenvalue weighted by Gasteiger charge is -2.20. The van der Waals surface area contributed by atoms with Crippen molar-refractivity contribution in [1.82, 2.24) is 5.32 Å². The average Bonchev–Trinajstić information content (AvgIpc) is 2.56. The normalized spacial score (nSPS) is 13.4. The fraction of sp³-hybridized carbons (Fsp3) is 0.316. The highest BCUT2D eigenvalue weighted by atomic mass is 35.5. The highest BCUT2D eigenvalue weighted by molar-refractivity contribution is 6.30. The Morgan fingerprint density at radius 2 is 1.65 bits per heavy atom. The number of anilines is 1. The van der Waals surface area contributed by atoms with Gasteiger partial charge in [-0.15, -0.1) is 0 Å². The summed E-state index contributed by atoms with van der Waals surface area (Å²) >= 11 is 5.90. The summed E-state index contributed by atoms with van der Waals surface area (Å²) in [5.41, 5.74) is 3.17. The third kappa shape index (κ3) is 5.08. The summed E-state index contributed by atoms with van der Waals surface area (Å²) in [6.07, 6.45) is 0.991. The fourth-order valence-electron chi connectivity index (χ4n) is 2.37. The van der Waals surface area contributed by atoms with Crippen LogP contribution in [0.1, 0.15) is 37.9 Å². The van der Waals surface area contributed by atoms with E-state index in [0.717, 1.165) is 17.7 Å². The number of aryl methyl sites for hydroxylation is 1. The molecule has 2 N–H and O–H groups in total. The second kappa shape index (κ2) is 8.14. The van der Waals surface area contributed by atoms with Gasteiger partial charge >= 0.3 is 0 Å². The van der Waals surface area contributed by atoms with Gasteiger partial charge in [0.05, 0.1) is 6.04 Å². The largest absolute Gasteiger partial charge is 0.325 e. The molecule has 0 aliphatic heterocycles. The quantitative estimate of drug-likeness (QED) is 0.814. The molecular formula is C19H23ClN2O. The zero-order valence-corrected chi connectivity index (χ0v) is 14.5. The van der Waals surface area contributed by atoms with Crippen molar-refractivity contribution in [3.05, 3.63) is 64.7 Å². The first-order chi connectivity index (χ1) is 11.0. The van der Waals surface area contributed by atoms with E-state index in [1.54, 1.807) is 0 Å². The Kier molecular flexibility index (Phi) is 6.20. The van der Waals surface area contributed by atoms with E-state index in [1.165, 1.54) is 5.56 Å². The molecule has 0 spiro atoms. The molecule has 0 aliphatic carbocycles. The summed E-state index contributed by atoms with van der Waals surface area (Å²) in [7, 11) is 0. The summed E-state index contributed by atoms with van der Waals surface area (Å²) in [6, 6.07) is 15.3. The molecule has 2 rings (SSSR count). The van der Waals surface area contributed by atoms with Crippen LogP contribution in [0.25, 0.3) is 0 Å².